The predicted molar refractivity (Wildman–Crippen MR) is 187 cm³/mol. The van der Waals surface area contributed by atoms with E-state index in [0.29, 0.717) is 11.5 Å². The van der Waals surface area contributed by atoms with Crippen LogP contribution in [0.3, 0.4) is 0 Å². The summed E-state index contributed by atoms with van der Waals surface area (Å²) in [6.45, 7) is 0. The molecule has 0 aliphatic rings. The number of benzene rings is 6. The minimum atomic E-state index is 0.592. The first-order valence-corrected chi connectivity index (χ1v) is 15.8. The van der Waals surface area contributed by atoms with Crippen molar-refractivity contribution in [2.75, 3.05) is 0 Å². The molecule has 0 aliphatic carbocycles. The maximum Gasteiger partial charge on any atom is 0.231 e. The molecule has 0 fully saturated rings. The van der Waals surface area contributed by atoms with Crippen LogP contribution < -0.4 is 0 Å². The van der Waals surface area contributed by atoms with E-state index in [9.17, 15) is 0 Å². The Hall–Kier alpha value is -5.78. The molecule has 0 radical (unpaired) electrons. The van der Waals surface area contributed by atoms with Crippen LogP contribution in [0.2, 0.25) is 0 Å². The molecule has 210 valence electrons. The summed E-state index contributed by atoms with van der Waals surface area (Å²) >= 11 is 1.85. The maximum absolute atomic E-state index is 6.31. The highest BCUT2D eigenvalue weighted by atomic mass is 32.1. The molecule has 6 aromatic carbocycles. The van der Waals surface area contributed by atoms with Gasteiger partial charge in [0.1, 0.15) is 5.58 Å². The van der Waals surface area contributed by atoms with E-state index in [4.69, 9.17) is 14.4 Å². The van der Waals surface area contributed by atoms with Crippen molar-refractivity contribution < 1.29 is 4.42 Å². The summed E-state index contributed by atoms with van der Waals surface area (Å²) in [5.74, 6) is 0.634. The van der Waals surface area contributed by atoms with E-state index in [1.165, 1.54) is 42.0 Å². The van der Waals surface area contributed by atoms with E-state index < -0.39 is 0 Å². The van der Waals surface area contributed by atoms with Crippen molar-refractivity contribution in [3.05, 3.63) is 140 Å². The second-order valence-corrected chi connectivity index (χ2v) is 12.5. The normalized spacial score (nSPS) is 12.0. The zero-order chi connectivity index (χ0) is 29.5. The minimum absolute atomic E-state index is 0.592. The van der Waals surface area contributed by atoms with Crippen LogP contribution in [0.5, 0.6) is 0 Å². The van der Waals surface area contributed by atoms with Crippen molar-refractivity contribution in [2.24, 2.45) is 0 Å². The van der Waals surface area contributed by atoms with Crippen LogP contribution in [-0.4, -0.2) is 14.5 Å². The van der Waals surface area contributed by atoms with Crippen LogP contribution in [0.25, 0.3) is 92.4 Å². The number of para-hydroxylation sites is 2. The number of hydrogen-bond acceptors (Lipinski definition) is 4. The topological polar surface area (TPSA) is 43.9 Å². The van der Waals surface area contributed by atoms with Crippen molar-refractivity contribution in [3.8, 4) is 28.3 Å². The van der Waals surface area contributed by atoms with Crippen molar-refractivity contribution >= 4 is 75.4 Å². The molecule has 45 heavy (non-hydrogen) atoms. The zero-order valence-corrected chi connectivity index (χ0v) is 24.8. The highest BCUT2D eigenvalue weighted by Gasteiger charge is 2.19. The number of fused-ring (bicyclic) bond motifs is 9. The minimum Gasteiger partial charge on any atom is -0.438 e. The van der Waals surface area contributed by atoms with Crippen LogP contribution >= 0.6 is 11.3 Å². The van der Waals surface area contributed by atoms with Gasteiger partial charge < -0.3 is 8.98 Å². The Morgan fingerprint density at radius 1 is 0.511 bits per heavy atom. The largest absolute Gasteiger partial charge is 0.438 e. The average molecular weight is 594 g/mol. The molecular formula is C40H23N3OS. The van der Waals surface area contributed by atoms with Gasteiger partial charge in [0.25, 0.3) is 0 Å². The van der Waals surface area contributed by atoms with Gasteiger partial charge in [-0.3, -0.25) is 0 Å². The van der Waals surface area contributed by atoms with Gasteiger partial charge in [-0.15, -0.1) is 11.3 Å². The fourth-order valence-corrected chi connectivity index (χ4v) is 7.93. The lowest BCUT2D eigenvalue weighted by atomic mass is 10.1. The van der Waals surface area contributed by atoms with Crippen molar-refractivity contribution in [3.63, 3.8) is 0 Å². The van der Waals surface area contributed by atoms with Gasteiger partial charge in [-0.2, -0.15) is 4.98 Å². The monoisotopic (exact) mass is 593 g/mol. The summed E-state index contributed by atoms with van der Waals surface area (Å²) in [7, 11) is 0. The Bertz CT molecular complexity index is 2770. The fourth-order valence-electron chi connectivity index (χ4n) is 6.81. The quantitative estimate of drug-likeness (QED) is 0.205. The highest BCUT2D eigenvalue weighted by Crippen LogP contribution is 2.41. The third-order valence-corrected chi connectivity index (χ3v) is 9.95. The maximum atomic E-state index is 6.31. The van der Waals surface area contributed by atoms with Gasteiger partial charge in [-0.05, 0) is 42.5 Å². The Morgan fingerprint density at radius 3 is 2.18 bits per heavy atom. The lowest BCUT2D eigenvalue weighted by Gasteiger charge is -2.11. The molecule has 0 spiro atoms. The van der Waals surface area contributed by atoms with Crippen molar-refractivity contribution in [1.29, 1.82) is 0 Å². The Morgan fingerprint density at radius 2 is 1.27 bits per heavy atom. The number of hydrogen-bond donors (Lipinski definition) is 0. The first kappa shape index (κ1) is 24.6. The van der Waals surface area contributed by atoms with Gasteiger partial charge in [0, 0.05) is 53.1 Å². The Labute approximate surface area is 261 Å². The molecule has 5 heteroatoms. The molecule has 0 saturated heterocycles. The first-order valence-electron chi connectivity index (χ1n) is 15.0. The van der Waals surface area contributed by atoms with E-state index in [1.54, 1.807) is 0 Å². The smallest absolute Gasteiger partial charge is 0.231 e. The summed E-state index contributed by atoms with van der Waals surface area (Å²) in [5.41, 5.74) is 7.65. The molecule has 4 heterocycles. The second-order valence-electron chi connectivity index (χ2n) is 11.4. The molecule has 4 aromatic heterocycles. The van der Waals surface area contributed by atoms with E-state index in [2.05, 4.69) is 108 Å². The molecule has 0 atom stereocenters. The molecule has 0 aliphatic heterocycles. The molecule has 0 bridgehead atoms. The van der Waals surface area contributed by atoms with Crippen LogP contribution in [-0.2, 0) is 0 Å². The van der Waals surface area contributed by atoms with Gasteiger partial charge in [-0.25, -0.2) is 4.98 Å². The summed E-state index contributed by atoms with van der Waals surface area (Å²) in [4.78, 5) is 10.2. The molecule has 0 amide bonds. The highest BCUT2D eigenvalue weighted by molar-refractivity contribution is 7.25. The molecular weight excluding hydrogens is 571 g/mol. The summed E-state index contributed by atoms with van der Waals surface area (Å²) in [5, 5.41) is 7.06. The van der Waals surface area contributed by atoms with Crippen molar-refractivity contribution in [2.45, 2.75) is 0 Å². The molecule has 0 saturated carbocycles. The molecule has 10 rings (SSSR count). The zero-order valence-electron chi connectivity index (χ0n) is 23.9. The number of nitrogens with zero attached hydrogens (tertiary/aromatic N) is 3. The SMILES string of the molecule is c1ccc(-c2nc(-c3cccc(-n4c5ccccc5c5cc6c(cc54)sc4ccccc46)c3)nc3oc4ccccc4c23)cc1. The average Bonchev–Trinajstić information content (AvgIpc) is 3.76. The number of thiophene rings is 1. The van der Waals surface area contributed by atoms with E-state index in [0.717, 1.165) is 38.9 Å². The van der Waals surface area contributed by atoms with Crippen LogP contribution in [0.4, 0.5) is 0 Å². The summed E-state index contributed by atoms with van der Waals surface area (Å²) < 4.78 is 11.3. The lowest BCUT2D eigenvalue weighted by Crippen LogP contribution is -1.97. The third kappa shape index (κ3) is 3.65. The summed E-state index contributed by atoms with van der Waals surface area (Å²) in [6, 6.07) is 49.0. The van der Waals surface area contributed by atoms with Gasteiger partial charge in [0.05, 0.1) is 22.1 Å². The first-order chi connectivity index (χ1) is 22.3. The number of rotatable bonds is 3. The third-order valence-electron chi connectivity index (χ3n) is 8.82. The van der Waals surface area contributed by atoms with Crippen LogP contribution in [0, 0.1) is 0 Å². The molecule has 0 N–H and O–H groups in total. The molecule has 10 aromatic rings. The molecule has 0 unspecified atom stereocenters. The Kier molecular flexibility index (Phi) is 5.12. The van der Waals surface area contributed by atoms with E-state index in [-0.39, 0.29) is 0 Å². The summed E-state index contributed by atoms with van der Waals surface area (Å²) in [6.07, 6.45) is 0. The van der Waals surface area contributed by atoms with E-state index in [1.807, 2.05) is 47.7 Å². The van der Waals surface area contributed by atoms with Gasteiger partial charge in [0.2, 0.25) is 5.71 Å². The van der Waals surface area contributed by atoms with Gasteiger partial charge in [0.15, 0.2) is 5.82 Å². The fraction of sp³-hybridized carbons (Fsp3) is 0. The predicted octanol–water partition coefficient (Wildman–Crippen LogP) is 11.2. The lowest BCUT2D eigenvalue weighted by molar-refractivity contribution is 0.653. The van der Waals surface area contributed by atoms with Gasteiger partial charge >= 0.3 is 0 Å². The van der Waals surface area contributed by atoms with Crippen molar-refractivity contribution in [1.82, 2.24) is 14.5 Å². The number of furan rings is 1. The standard InChI is InChI=1S/C40H23N3OS/c1-2-11-24(12-3-1)38-37-29-17-5-8-19-34(29)44-40(37)42-39(41-38)25-13-10-14-26(21-25)43-32-18-7-4-15-27(32)30-22-31-28-16-6-9-20-35(28)45-36(31)23-33(30)43/h1-23H. The van der Waals surface area contributed by atoms with Crippen LogP contribution in [0.15, 0.2) is 144 Å². The second kappa shape index (κ2) is 9.36. The van der Waals surface area contributed by atoms with Gasteiger partial charge in [-0.1, -0.05) is 97.1 Å². The Balaban J connectivity index is 1.22. The molecule has 4 nitrogen and oxygen atoms in total. The van der Waals surface area contributed by atoms with E-state index >= 15 is 0 Å². The van der Waals surface area contributed by atoms with Crippen LogP contribution in [0.1, 0.15) is 0 Å². The number of aromatic nitrogens is 3.